The molecule has 0 saturated heterocycles. The number of carbonyl (C=O) groups is 1. The van der Waals surface area contributed by atoms with E-state index in [0.29, 0.717) is 17.9 Å². The Balaban J connectivity index is 1.90. The van der Waals surface area contributed by atoms with Crippen LogP contribution >= 0.6 is 0 Å². The Bertz CT molecular complexity index is 258. The van der Waals surface area contributed by atoms with Crippen molar-refractivity contribution in [1.82, 2.24) is 5.32 Å². The zero-order valence-corrected chi connectivity index (χ0v) is 9.75. The number of carbonyl (C=O) groups excluding carboxylic acids is 1. The van der Waals surface area contributed by atoms with Gasteiger partial charge in [0.05, 0.1) is 5.54 Å². The molecular weight excluding hydrogens is 188 g/mol. The van der Waals surface area contributed by atoms with Crippen LogP contribution in [0.5, 0.6) is 0 Å². The summed E-state index contributed by atoms with van der Waals surface area (Å²) >= 11 is 0. The van der Waals surface area contributed by atoms with Crippen LogP contribution in [0.3, 0.4) is 0 Å². The van der Waals surface area contributed by atoms with Gasteiger partial charge in [0.15, 0.2) is 0 Å². The lowest BCUT2D eigenvalue weighted by atomic mass is 9.95. The second-order valence-electron chi connectivity index (χ2n) is 5.55. The molecule has 2 aliphatic rings. The summed E-state index contributed by atoms with van der Waals surface area (Å²) in [4.78, 5) is 12.0. The van der Waals surface area contributed by atoms with Crippen LogP contribution in [0, 0.1) is 11.8 Å². The molecule has 0 bridgehead atoms. The second-order valence-corrected chi connectivity index (χ2v) is 5.55. The van der Waals surface area contributed by atoms with E-state index in [1.165, 1.54) is 12.8 Å². The van der Waals surface area contributed by atoms with Gasteiger partial charge in [0.2, 0.25) is 5.91 Å². The first-order chi connectivity index (χ1) is 7.01. The number of hydrogen-bond donors (Lipinski definition) is 2. The van der Waals surface area contributed by atoms with Crippen molar-refractivity contribution in [2.75, 3.05) is 0 Å². The summed E-state index contributed by atoms with van der Waals surface area (Å²) in [6, 6.07) is 0.360. The third-order valence-electron chi connectivity index (χ3n) is 4.09. The van der Waals surface area contributed by atoms with Crippen molar-refractivity contribution in [3.63, 3.8) is 0 Å². The van der Waals surface area contributed by atoms with Crippen molar-refractivity contribution in [3.8, 4) is 0 Å². The maximum absolute atomic E-state index is 12.0. The van der Waals surface area contributed by atoms with E-state index in [4.69, 9.17) is 5.73 Å². The topological polar surface area (TPSA) is 55.1 Å². The molecule has 2 aliphatic carbocycles. The molecule has 2 fully saturated rings. The largest absolute Gasteiger partial charge is 0.352 e. The highest BCUT2D eigenvalue weighted by atomic mass is 16.2. The Labute approximate surface area is 91.8 Å². The van der Waals surface area contributed by atoms with Gasteiger partial charge in [0.1, 0.15) is 0 Å². The fourth-order valence-corrected chi connectivity index (χ4v) is 2.55. The first kappa shape index (κ1) is 10.9. The van der Waals surface area contributed by atoms with Crippen molar-refractivity contribution in [3.05, 3.63) is 0 Å². The van der Waals surface area contributed by atoms with Gasteiger partial charge in [0, 0.05) is 6.04 Å². The summed E-state index contributed by atoms with van der Waals surface area (Å²) in [5.41, 5.74) is 5.44. The fourth-order valence-electron chi connectivity index (χ4n) is 2.55. The van der Waals surface area contributed by atoms with Crippen LogP contribution in [0.1, 0.15) is 46.0 Å². The maximum atomic E-state index is 12.0. The summed E-state index contributed by atoms with van der Waals surface area (Å²) < 4.78 is 0. The van der Waals surface area contributed by atoms with Crippen LogP contribution < -0.4 is 11.1 Å². The molecule has 2 rings (SSSR count). The van der Waals surface area contributed by atoms with E-state index in [1.54, 1.807) is 0 Å². The molecule has 1 amide bonds. The van der Waals surface area contributed by atoms with E-state index >= 15 is 0 Å². The van der Waals surface area contributed by atoms with Gasteiger partial charge in [-0.3, -0.25) is 4.79 Å². The second kappa shape index (κ2) is 3.78. The summed E-state index contributed by atoms with van der Waals surface area (Å²) in [5, 5.41) is 3.13. The minimum absolute atomic E-state index is 0.0590. The van der Waals surface area contributed by atoms with Crippen molar-refractivity contribution in [1.29, 1.82) is 0 Å². The Kier molecular flexibility index (Phi) is 2.75. The van der Waals surface area contributed by atoms with E-state index < -0.39 is 5.54 Å². The van der Waals surface area contributed by atoms with Gasteiger partial charge in [0.25, 0.3) is 0 Å². The average Bonchev–Trinajstić information content (AvgIpc) is 2.94. The van der Waals surface area contributed by atoms with Gasteiger partial charge in [-0.2, -0.15) is 0 Å². The number of amides is 1. The third-order valence-corrected chi connectivity index (χ3v) is 4.09. The van der Waals surface area contributed by atoms with E-state index in [2.05, 4.69) is 12.2 Å². The molecule has 3 heteroatoms. The Hall–Kier alpha value is -0.570. The lowest BCUT2D eigenvalue weighted by molar-refractivity contribution is -0.127. The minimum atomic E-state index is -0.637. The molecule has 3 nitrogen and oxygen atoms in total. The molecular formula is C12H22N2O. The van der Waals surface area contributed by atoms with E-state index in [-0.39, 0.29) is 5.91 Å². The lowest BCUT2D eigenvalue weighted by Crippen LogP contribution is -2.56. The van der Waals surface area contributed by atoms with Gasteiger partial charge in [-0.15, -0.1) is 0 Å². The van der Waals surface area contributed by atoms with Crippen LogP contribution in [0.2, 0.25) is 0 Å². The van der Waals surface area contributed by atoms with Crippen LogP contribution in [-0.2, 0) is 4.79 Å². The SMILES string of the molecule is CC1CCCC1NC(=O)C(C)(N)C1CC1. The molecule has 0 radical (unpaired) electrons. The molecule has 0 aliphatic heterocycles. The highest BCUT2D eigenvalue weighted by Crippen LogP contribution is 2.38. The van der Waals surface area contributed by atoms with Crippen molar-refractivity contribution in [2.45, 2.75) is 57.5 Å². The predicted octanol–water partition coefficient (Wildman–Crippen LogP) is 1.42. The molecule has 3 N–H and O–H groups in total. The Morgan fingerprint density at radius 2 is 2.00 bits per heavy atom. The lowest BCUT2D eigenvalue weighted by Gasteiger charge is -2.27. The summed E-state index contributed by atoms with van der Waals surface area (Å²) in [6.45, 7) is 4.09. The number of rotatable bonds is 3. The summed E-state index contributed by atoms with van der Waals surface area (Å²) in [7, 11) is 0. The number of nitrogens with one attached hydrogen (secondary N) is 1. The van der Waals surface area contributed by atoms with Crippen molar-refractivity contribution < 1.29 is 4.79 Å². The zero-order valence-electron chi connectivity index (χ0n) is 9.75. The van der Waals surface area contributed by atoms with E-state index in [1.807, 2.05) is 6.92 Å². The van der Waals surface area contributed by atoms with Crippen LogP contribution in [0.25, 0.3) is 0 Å². The maximum Gasteiger partial charge on any atom is 0.240 e. The average molecular weight is 210 g/mol. The molecule has 86 valence electrons. The highest BCUT2D eigenvalue weighted by Gasteiger charge is 2.44. The number of nitrogens with two attached hydrogens (primary N) is 1. The van der Waals surface area contributed by atoms with Crippen LogP contribution in [-0.4, -0.2) is 17.5 Å². The molecule has 3 unspecified atom stereocenters. The first-order valence-corrected chi connectivity index (χ1v) is 6.11. The van der Waals surface area contributed by atoms with Gasteiger partial charge >= 0.3 is 0 Å². The molecule has 0 spiro atoms. The van der Waals surface area contributed by atoms with Gasteiger partial charge < -0.3 is 11.1 Å². The predicted molar refractivity (Wildman–Crippen MR) is 60.3 cm³/mol. The third kappa shape index (κ3) is 2.17. The van der Waals surface area contributed by atoms with E-state index in [0.717, 1.165) is 19.3 Å². The van der Waals surface area contributed by atoms with E-state index in [9.17, 15) is 4.79 Å². The zero-order chi connectivity index (χ0) is 11.1. The number of hydrogen-bond acceptors (Lipinski definition) is 2. The fraction of sp³-hybridized carbons (Fsp3) is 0.917. The van der Waals surface area contributed by atoms with Crippen molar-refractivity contribution >= 4 is 5.91 Å². The smallest absolute Gasteiger partial charge is 0.240 e. The van der Waals surface area contributed by atoms with Crippen LogP contribution in [0.15, 0.2) is 0 Å². The highest BCUT2D eigenvalue weighted by molar-refractivity contribution is 5.86. The molecule has 0 aromatic carbocycles. The van der Waals surface area contributed by atoms with Crippen molar-refractivity contribution in [2.24, 2.45) is 17.6 Å². The van der Waals surface area contributed by atoms with Gasteiger partial charge in [-0.25, -0.2) is 0 Å². The molecule has 15 heavy (non-hydrogen) atoms. The summed E-state index contributed by atoms with van der Waals surface area (Å²) in [6.07, 6.45) is 5.81. The molecule has 0 aromatic rings. The monoisotopic (exact) mass is 210 g/mol. The van der Waals surface area contributed by atoms with Gasteiger partial charge in [-0.1, -0.05) is 13.3 Å². The van der Waals surface area contributed by atoms with Gasteiger partial charge in [-0.05, 0) is 44.4 Å². The standard InChI is InChI=1S/C12H22N2O/c1-8-4-3-5-10(8)14-11(15)12(2,13)9-6-7-9/h8-10H,3-7,13H2,1-2H3,(H,14,15). The first-order valence-electron chi connectivity index (χ1n) is 6.11. The molecule has 3 atom stereocenters. The molecule has 2 saturated carbocycles. The van der Waals surface area contributed by atoms with Crippen LogP contribution in [0.4, 0.5) is 0 Å². The normalized spacial score (nSPS) is 34.9. The Morgan fingerprint density at radius 1 is 1.33 bits per heavy atom. The Morgan fingerprint density at radius 3 is 2.47 bits per heavy atom. The summed E-state index contributed by atoms with van der Waals surface area (Å²) in [5.74, 6) is 1.09. The quantitative estimate of drug-likeness (QED) is 0.740. The molecule has 0 heterocycles. The minimum Gasteiger partial charge on any atom is -0.352 e. The molecule has 0 aromatic heterocycles.